The molecule has 0 spiro atoms. The second kappa shape index (κ2) is 2.94. The Morgan fingerprint density at radius 3 is 2.89 bits per heavy atom. The van der Waals surface area contributed by atoms with E-state index >= 15 is 0 Å². The molecule has 1 rings (SSSR count). The van der Waals surface area contributed by atoms with Gasteiger partial charge in [-0.15, -0.1) is 0 Å². The molecule has 0 aromatic heterocycles. The lowest BCUT2D eigenvalue weighted by molar-refractivity contribution is -0.197. The van der Waals surface area contributed by atoms with Gasteiger partial charge in [0.1, 0.15) is 12.4 Å². The molecule has 1 aliphatic rings. The van der Waals surface area contributed by atoms with E-state index in [2.05, 4.69) is 0 Å². The number of carbonyl (C=O) groups excluding carboxylic acids is 1. The molecule has 2 atom stereocenters. The lowest BCUT2D eigenvalue weighted by atomic mass is 10.3. The van der Waals surface area contributed by atoms with Crippen molar-refractivity contribution in [1.82, 2.24) is 0 Å². The summed E-state index contributed by atoms with van der Waals surface area (Å²) in [6.45, 7) is 2.42. The molecule has 1 saturated heterocycles. The quantitative estimate of drug-likeness (QED) is 0.480. The molecule has 0 N–H and O–H groups in total. The van der Waals surface area contributed by atoms with E-state index in [0.29, 0.717) is 13.0 Å². The van der Waals surface area contributed by atoms with E-state index in [9.17, 15) is 4.79 Å². The van der Waals surface area contributed by atoms with E-state index in [-0.39, 0.29) is 12.4 Å². The SMILES string of the molecule is C[C@H]1OCC[C@@H](C=O)O1. The van der Waals surface area contributed by atoms with Crippen LogP contribution in [0.2, 0.25) is 0 Å². The lowest BCUT2D eigenvalue weighted by Crippen LogP contribution is -2.30. The number of carbonyl (C=O) groups is 1. The van der Waals surface area contributed by atoms with Crippen LogP contribution in [0.1, 0.15) is 13.3 Å². The van der Waals surface area contributed by atoms with Gasteiger partial charge in [0.05, 0.1) is 6.61 Å². The van der Waals surface area contributed by atoms with E-state index in [1.54, 1.807) is 6.92 Å². The van der Waals surface area contributed by atoms with Crippen LogP contribution >= 0.6 is 0 Å². The van der Waals surface area contributed by atoms with E-state index < -0.39 is 0 Å². The minimum Gasteiger partial charge on any atom is -0.353 e. The molecule has 0 bridgehead atoms. The number of rotatable bonds is 1. The second-order valence-electron chi connectivity index (χ2n) is 2.04. The molecule has 0 saturated carbocycles. The highest BCUT2D eigenvalue weighted by Crippen LogP contribution is 2.08. The number of ether oxygens (including phenoxy) is 2. The summed E-state index contributed by atoms with van der Waals surface area (Å²) in [7, 11) is 0. The Balaban J connectivity index is 2.31. The van der Waals surface area contributed by atoms with Crippen LogP contribution in [-0.2, 0) is 14.3 Å². The van der Waals surface area contributed by atoms with E-state index in [0.717, 1.165) is 6.29 Å². The summed E-state index contributed by atoms with van der Waals surface area (Å²) in [4.78, 5) is 10.1. The highest BCUT2D eigenvalue weighted by molar-refractivity contribution is 5.55. The van der Waals surface area contributed by atoms with Crippen LogP contribution in [-0.4, -0.2) is 25.3 Å². The summed E-state index contributed by atoms with van der Waals surface area (Å²) in [5.41, 5.74) is 0. The molecule has 52 valence electrons. The van der Waals surface area contributed by atoms with Gasteiger partial charge in [0.2, 0.25) is 0 Å². The van der Waals surface area contributed by atoms with E-state index in [4.69, 9.17) is 9.47 Å². The van der Waals surface area contributed by atoms with Gasteiger partial charge in [-0.05, 0) is 6.92 Å². The topological polar surface area (TPSA) is 35.5 Å². The molecule has 0 radical (unpaired) electrons. The van der Waals surface area contributed by atoms with Gasteiger partial charge in [-0.25, -0.2) is 0 Å². The molecule has 1 fully saturated rings. The summed E-state index contributed by atoms with van der Waals surface area (Å²) in [6, 6.07) is 0. The van der Waals surface area contributed by atoms with Crippen LogP contribution in [0.25, 0.3) is 0 Å². The molecule has 3 heteroatoms. The van der Waals surface area contributed by atoms with Gasteiger partial charge in [0, 0.05) is 6.42 Å². The number of hydrogen-bond donors (Lipinski definition) is 0. The maximum atomic E-state index is 10.1. The molecule has 0 amide bonds. The predicted molar refractivity (Wildman–Crippen MR) is 31.0 cm³/mol. The maximum absolute atomic E-state index is 10.1. The van der Waals surface area contributed by atoms with Gasteiger partial charge in [0.15, 0.2) is 6.29 Å². The summed E-state index contributed by atoms with van der Waals surface area (Å²) >= 11 is 0. The summed E-state index contributed by atoms with van der Waals surface area (Å²) < 4.78 is 10.1. The molecule has 9 heavy (non-hydrogen) atoms. The van der Waals surface area contributed by atoms with Crippen LogP contribution in [0.3, 0.4) is 0 Å². The first-order valence-electron chi connectivity index (χ1n) is 3.05. The van der Waals surface area contributed by atoms with Crippen LogP contribution in [0.4, 0.5) is 0 Å². The molecule has 0 aromatic rings. The Morgan fingerprint density at radius 1 is 1.67 bits per heavy atom. The fraction of sp³-hybridized carbons (Fsp3) is 0.833. The average Bonchev–Trinajstić information content (AvgIpc) is 1.88. The van der Waals surface area contributed by atoms with Crippen LogP contribution < -0.4 is 0 Å². The molecular weight excluding hydrogens is 120 g/mol. The summed E-state index contributed by atoms with van der Waals surface area (Å²) in [5.74, 6) is 0. The van der Waals surface area contributed by atoms with Crippen molar-refractivity contribution in [2.45, 2.75) is 25.7 Å². The molecule has 0 aromatic carbocycles. The molecule has 0 aliphatic carbocycles. The zero-order valence-electron chi connectivity index (χ0n) is 5.37. The Labute approximate surface area is 53.9 Å². The summed E-state index contributed by atoms with van der Waals surface area (Å²) in [6.07, 6.45) is 1.05. The van der Waals surface area contributed by atoms with Gasteiger partial charge in [0.25, 0.3) is 0 Å². The normalized spacial score (nSPS) is 36.1. The summed E-state index contributed by atoms with van der Waals surface area (Å²) in [5, 5.41) is 0. The zero-order chi connectivity index (χ0) is 6.69. The first-order valence-corrected chi connectivity index (χ1v) is 3.05. The average molecular weight is 130 g/mol. The molecule has 1 heterocycles. The number of aldehydes is 1. The van der Waals surface area contributed by atoms with E-state index in [1.165, 1.54) is 0 Å². The van der Waals surface area contributed by atoms with Gasteiger partial charge in [-0.3, -0.25) is 0 Å². The maximum Gasteiger partial charge on any atom is 0.155 e. The van der Waals surface area contributed by atoms with Crippen molar-refractivity contribution in [3.63, 3.8) is 0 Å². The standard InChI is InChI=1S/C6H10O3/c1-5-8-3-2-6(4-7)9-5/h4-6H,2-3H2,1H3/t5-,6-/m0/s1. The van der Waals surface area contributed by atoms with Crippen molar-refractivity contribution in [2.24, 2.45) is 0 Å². The molecular formula is C6H10O3. The Hall–Kier alpha value is -0.410. The van der Waals surface area contributed by atoms with Crippen molar-refractivity contribution in [1.29, 1.82) is 0 Å². The van der Waals surface area contributed by atoms with Crippen molar-refractivity contribution in [3.8, 4) is 0 Å². The van der Waals surface area contributed by atoms with Crippen molar-refractivity contribution < 1.29 is 14.3 Å². The van der Waals surface area contributed by atoms with Crippen LogP contribution in [0, 0.1) is 0 Å². The molecule has 0 unspecified atom stereocenters. The third-order valence-electron chi connectivity index (χ3n) is 1.27. The van der Waals surface area contributed by atoms with Crippen molar-refractivity contribution in [2.75, 3.05) is 6.61 Å². The van der Waals surface area contributed by atoms with Gasteiger partial charge in [-0.2, -0.15) is 0 Å². The minimum absolute atomic E-state index is 0.214. The highest BCUT2D eigenvalue weighted by Gasteiger charge is 2.17. The minimum atomic E-state index is -0.242. The first kappa shape index (κ1) is 6.71. The molecule has 3 nitrogen and oxygen atoms in total. The fourth-order valence-corrected chi connectivity index (χ4v) is 0.804. The highest BCUT2D eigenvalue weighted by atomic mass is 16.7. The van der Waals surface area contributed by atoms with Crippen LogP contribution in [0.5, 0.6) is 0 Å². The van der Waals surface area contributed by atoms with Crippen LogP contribution in [0.15, 0.2) is 0 Å². The van der Waals surface area contributed by atoms with Crippen molar-refractivity contribution >= 4 is 6.29 Å². The number of hydrogen-bond acceptors (Lipinski definition) is 3. The van der Waals surface area contributed by atoms with Gasteiger partial charge >= 0.3 is 0 Å². The Bertz CT molecular complexity index is 102. The van der Waals surface area contributed by atoms with Gasteiger partial charge < -0.3 is 14.3 Å². The Morgan fingerprint density at radius 2 is 2.44 bits per heavy atom. The van der Waals surface area contributed by atoms with Crippen molar-refractivity contribution in [3.05, 3.63) is 0 Å². The lowest BCUT2D eigenvalue weighted by Gasteiger charge is -2.23. The largest absolute Gasteiger partial charge is 0.353 e. The smallest absolute Gasteiger partial charge is 0.155 e. The fourth-order valence-electron chi connectivity index (χ4n) is 0.804. The predicted octanol–water partition coefficient (Wildman–Crippen LogP) is 0.337. The van der Waals surface area contributed by atoms with Gasteiger partial charge in [-0.1, -0.05) is 0 Å². The third kappa shape index (κ3) is 1.77. The second-order valence-corrected chi connectivity index (χ2v) is 2.04. The van der Waals surface area contributed by atoms with E-state index in [1.807, 2.05) is 0 Å². The zero-order valence-corrected chi connectivity index (χ0v) is 5.37. The monoisotopic (exact) mass is 130 g/mol. The molecule has 1 aliphatic heterocycles. The Kier molecular flexibility index (Phi) is 2.19. The first-order chi connectivity index (χ1) is 4.33. The third-order valence-corrected chi connectivity index (χ3v) is 1.27.